The molecular formula is C27H23NO3. The van der Waals surface area contributed by atoms with Gasteiger partial charge in [-0.2, -0.15) is 0 Å². The van der Waals surface area contributed by atoms with Gasteiger partial charge in [-0.1, -0.05) is 48.5 Å². The quantitative estimate of drug-likeness (QED) is 0.330. The fourth-order valence-corrected chi connectivity index (χ4v) is 4.46. The van der Waals surface area contributed by atoms with E-state index in [0.717, 1.165) is 49.8 Å². The zero-order valence-corrected chi connectivity index (χ0v) is 17.6. The number of ether oxygens (including phenoxy) is 1. The number of carbonyl (C=O) groups is 1. The molecule has 5 rings (SSSR count). The van der Waals surface area contributed by atoms with Gasteiger partial charge in [0.1, 0.15) is 5.76 Å². The average Bonchev–Trinajstić information content (AvgIpc) is 3.44. The molecule has 0 aliphatic heterocycles. The van der Waals surface area contributed by atoms with Crippen molar-refractivity contribution in [3.8, 4) is 11.3 Å². The zero-order chi connectivity index (χ0) is 21.4. The van der Waals surface area contributed by atoms with E-state index >= 15 is 0 Å². The van der Waals surface area contributed by atoms with Crippen LogP contribution in [0.3, 0.4) is 0 Å². The van der Waals surface area contributed by atoms with Crippen LogP contribution in [-0.4, -0.2) is 17.6 Å². The number of para-hydroxylation sites is 1. The van der Waals surface area contributed by atoms with E-state index in [1.54, 1.807) is 6.26 Å². The molecule has 0 radical (unpaired) electrons. The van der Waals surface area contributed by atoms with Crippen LogP contribution in [0.15, 0.2) is 77.4 Å². The summed E-state index contributed by atoms with van der Waals surface area (Å²) < 4.78 is 11.4. The summed E-state index contributed by atoms with van der Waals surface area (Å²) in [6.45, 7) is 4.15. The molecular weight excluding hydrogens is 386 g/mol. The van der Waals surface area contributed by atoms with Crippen LogP contribution in [0.4, 0.5) is 0 Å². The number of hydrogen-bond acceptors (Lipinski definition) is 3. The van der Waals surface area contributed by atoms with Crippen LogP contribution in [-0.2, 0) is 11.2 Å². The first kappa shape index (κ1) is 19.2. The van der Waals surface area contributed by atoms with E-state index in [-0.39, 0.29) is 5.97 Å². The summed E-state index contributed by atoms with van der Waals surface area (Å²) >= 11 is 0. The van der Waals surface area contributed by atoms with Crippen molar-refractivity contribution in [3.05, 3.63) is 95.2 Å². The summed E-state index contributed by atoms with van der Waals surface area (Å²) in [5.41, 5.74) is 6.46. The Morgan fingerprint density at radius 2 is 1.77 bits per heavy atom. The molecule has 2 heterocycles. The molecule has 2 aromatic heterocycles. The van der Waals surface area contributed by atoms with E-state index in [0.29, 0.717) is 18.6 Å². The van der Waals surface area contributed by atoms with Crippen molar-refractivity contribution in [1.29, 1.82) is 0 Å². The van der Waals surface area contributed by atoms with E-state index in [1.165, 1.54) is 0 Å². The van der Waals surface area contributed by atoms with Gasteiger partial charge in [-0.25, -0.2) is 4.79 Å². The molecule has 0 saturated carbocycles. The molecule has 31 heavy (non-hydrogen) atoms. The third-order valence-corrected chi connectivity index (χ3v) is 5.78. The van der Waals surface area contributed by atoms with E-state index in [9.17, 15) is 4.79 Å². The first-order chi connectivity index (χ1) is 15.2. The molecule has 0 aliphatic rings. The largest absolute Gasteiger partial charge is 0.464 e. The van der Waals surface area contributed by atoms with Crippen molar-refractivity contribution < 1.29 is 13.9 Å². The summed E-state index contributed by atoms with van der Waals surface area (Å²) in [4.78, 5) is 16.7. The highest BCUT2D eigenvalue weighted by atomic mass is 16.5. The smallest absolute Gasteiger partial charge is 0.338 e. The molecule has 0 aliphatic carbocycles. The van der Waals surface area contributed by atoms with Crippen LogP contribution in [0.1, 0.15) is 34.0 Å². The molecule has 0 unspecified atom stereocenters. The third-order valence-electron chi connectivity index (χ3n) is 5.78. The highest BCUT2D eigenvalue weighted by Gasteiger charge is 2.27. The number of nitrogens with one attached hydrogen (secondary N) is 1. The van der Waals surface area contributed by atoms with Crippen LogP contribution in [0.25, 0.3) is 33.1 Å². The summed E-state index contributed by atoms with van der Waals surface area (Å²) in [7, 11) is 0. The maximum absolute atomic E-state index is 13.2. The van der Waals surface area contributed by atoms with Crippen LogP contribution in [0, 0.1) is 6.92 Å². The van der Waals surface area contributed by atoms with Gasteiger partial charge in [-0.3, -0.25) is 0 Å². The molecule has 0 fully saturated rings. The van der Waals surface area contributed by atoms with E-state index < -0.39 is 0 Å². The lowest BCUT2D eigenvalue weighted by Gasteiger charge is -2.18. The second kappa shape index (κ2) is 7.80. The Bertz CT molecular complexity index is 1380. The number of hydrogen-bond donors (Lipinski definition) is 1. The molecule has 3 aromatic carbocycles. The molecule has 0 saturated heterocycles. The number of aryl methyl sites for hydroxylation is 1. The first-order valence-corrected chi connectivity index (χ1v) is 10.5. The predicted octanol–water partition coefficient (Wildman–Crippen LogP) is 6.66. The summed E-state index contributed by atoms with van der Waals surface area (Å²) in [5, 5.41) is 2.18. The van der Waals surface area contributed by atoms with E-state index in [4.69, 9.17) is 9.15 Å². The number of esters is 1. The van der Waals surface area contributed by atoms with Crippen LogP contribution < -0.4 is 0 Å². The highest BCUT2D eigenvalue weighted by Crippen LogP contribution is 2.42. The molecule has 0 atom stereocenters. The van der Waals surface area contributed by atoms with Crippen molar-refractivity contribution in [2.75, 3.05) is 6.61 Å². The van der Waals surface area contributed by atoms with Crippen LogP contribution in [0.2, 0.25) is 0 Å². The van der Waals surface area contributed by atoms with Gasteiger partial charge in [0.2, 0.25) is 0 Å². The molecule has 0 bridgehead atoms. The van der Waals surface area contributed by atoms with E-state index in [2.05, 4.69) is 29.2 Å². The first-order valence-electron chi connectivity index (χ1n) is 10.5. The standard InChI is InChI=1S/C27H23NO3/c1-3-30-27(29)23-17(2)26-25(19-12-7-8-13-21(19)28-26)24(22-14-9-15-31-22)20(23)16-18-10-5-4-6-11-18/h4-15,28H,3,16H2,1-2H3. The number of aromatic amines is 1. The van der Waals surface area contributed by atoms with Gasteiger partial charge in [0.15, 0.2) is 0 Å². The van der Waals surface area contributed by atoms with Gasteiger partial charge < -0.3 is 14.1 Å². The Balaban J connectivity index is 1.94. The van der Waals surface area contributed by atoms with Crippen LogP contribution >= 0.6 is 0 Å². The van der Waals surface area contributed by atoms with Crippen molar-refractivity contribution in [1.82, 2.24) is 4.98 Å². The van der Waals surface area contributed by atoms with Gasteiger partial charge >= 0.3 is 5.97 Å². The highest BCUT2D eigenvalue weighted by molar-refractivity contribution is 6.18. The maximum Gasteiger partial charge on any atom is 0.338 e. The van der Waals surface area contributed by atoms with E-state index in [1.807, 2.05) is 56.3 Å². The van der Waals surface area contributed by atoms with Gasteiger partial charge in [0.05, 0.1) is 24.0 Å². The van der Waals surface area contributed by atoms with Gasteiger partial charge in [-0.05, 0) is 55.2 Å². The zero-order valence-electron chi connectivity index (χ0n) is 17.6. The minimum absolute atomic E-state index is 0.306. The van der Waals surface area contributed by atoms with Crippen molar-refractivity contribution in [3.63, 3.8) is 0 Å². The molecule has 1 N–H and O–H groups in total. The SMILES string of the molecule is CCOC(=O)c1c(Cc2ccccc2)c(-c2ccco2)c2c([nH]c3ccccc32)c1C. The fraction of sp³-hybridized carbons (Fsp3) is 0.148. The monoisotopic (exact) mass is 409 g/mol. The maximum atomic E-state index is 13.2. The van der Waals surface area contributed by atoms with Gasteiger partial charge in [-0.15, -0.1) is 0 Å². The van der Waals surface area contributed by atoms with Gasteiger partial charge in [0.25, 0.3) is 0 Å². The average molecular weight is 409 g/mol. The van der Waals surface area contributed by atoms with Crippen molar-refractivity contribution in [2.45, 2.75) is 20.3 Å². The summed E-state index contributed by atoms with van der Waals surface area (Å²) in [6, 6.07) is 22.2. The minimum atomic E-state index is -0.306. The Morgan fingerprint density at radius 3 is 2.52 bits per heavy atom. The lowest BCUT2D eigenvalue weighted by molar-refractivity contribution is 0.0524. The molecule has 4 nitrogen and oxygen atoms in total. The summed E-state index contributed by atoms with van der Waals surface area (Å²) in [5.74, 6) is 0.436. The number of furan rings is 1. The Labute approximate surface area is 180 Å². The van der Waals surface area contributed by atoms with Crippen molar-refractivity contribution >= 4 is 27.8 Å². The third kappa shape index (κ3) is 3.21. The number of rotatable bonds is 5. The number of H-pyrrole nitrogens is 1. The number of aromatic nitrogens is 1. The Kier molecular flexibility index (Phi) is 4.83. The molecule has 0 amide bonds. The lowest BCUT2D eigenvalue weighted by atomic mass is 9.87. The summed E-state index contributed by atoms with van der Waals surface area (Å²) in [6.07, 6.45) is 2.27. The fourth-order valence-electron chi connectivity index (χ4n) is 4.46. The van der Waals surface area contributed by atoms with Crippen molar-refractivity contribution in [2.24, 2.45) is 0 Å². The molecule has 5 aromatic rings. The second-order valence-corrected chi connectivity index (χ2v) is 7.63. The normalized spacial score (nSPS) is 11.3. The molecule has 0 spiro atoms. The second-order valence-electron chi connectivity index (χ2n) is 7.63. The lowest BCUT2D eigenvalue weighted by Crippen LogP contribution is -2.12. The topological polar surface area (TPSA) is 55.2 Å². The predicted molar refractivity (Wildman–Crippen MR) is 123 cm³/mol. The number of fused-ring (bicyclic) bond motifs is 3. The number of benzene rings is 3. The molecule has 154 valence electrons. The molecule has 4 heteroatoms. The van der Waals surface area contributed by atoms with Crippen LogP contribution in [0.5, 0.6) is 0 Å². The minimum Gasteiger partial charge on any atom is -0.464 e. The van der Waals surface area contributed by atoms with Gasteiger partial charge in [0, 0.05) is 21.9 Å². The Morgan fingerprint density at radius 1 is 1.00 bits per heavy atom. The number of carbonyl (C=O) groups excluding carboxylic acids is 1. The Hall–Kier alpha value is -3.79.